The molecule has 2 fully saturated rings. The first-order valence-electron chi connectivity index (χ1n) is 10.3. The lowest BCUT2D eigenvalue weighted by Crippen LogP contribution is -2.45. The molecular weight excluding hydrogens is 368 g/mol. The third kappa shape index (κ3) is 4.55. The number of benzene rings is 1. The lowest BCUT2D eigenvalue weighted by Gasteiger charge is -2.35. The summed E-state index contributed by atoms with van der Waals surface area (Å²) < 4.78 is 5.90. The minimum atomic E-state index is -0.188. The van der Waals surface area contributed by atoms with Crippen LogP contribution in [0.2, 0.25) is 0 Å². The summed E-state index contributed by atoms with van der Waals surface area (Å²) in [4.78, 5) is 37.7. The van der Waals surface area contributed by atoms with Crippen molar-refractivity contribution in [1.29, 1.82) is 0 Å². The molecule has 1 aromatic carbocycles. The van der Waals surface area contributed by atoms with Gasteiger partial charge in [-0.3, -0.25) is 9.59 Å². The number of rotatable bonds is 5. The van der Waals surface area contributed by atoms with Crippen molar-refractivity contribution in [3.8, 4) is 11.6 Å². The van der Waals surface area contributed by atoms with E-state index in [1.54, 1.807) is 11.0 Å². The van der Waals surface area contributed by atoms with Crippen LogP contribution in [0.5, 0.6) is 11.6 Å². The molecule has 2 aromatic rings. The number of piperidine rings is 1. The van der Waals surface area contributed by atoms with E-state index in [4.69, 9.17) is 4.74 Å². The minimum Gasteiger partial charge on any atom is -0.439 e. The van der Waals surface area contributed by atoms with E-state index >= 15 is 0 Å². The van der Waals surface area contributed by atoms with Gasteiger partial charge in [0.05, 0.1) is 12.6 Å². The fourth-order valence-electron chi connectivity index (χ4n) is 4.00. The van der Waals surface area contributed by atoms with E-state index in [0.717, 1.165) is 31.4 Å². The van der Waals surface area contributed by atoms with E-state index in [1.807, 2.05) is 42.2 Å². The summed E-state index contributed by atoms with van der Waals surface area (Å²) in [5.74, 6) is 1.83. The Balaban J connectivity index is 1.54. The van der Waals surface area contributed by atoms with Gasteiger partial charge in [0.2, 0.25) is 17.7 Å². The number of aryl methyl sites for hydroxylation is 1. The van der Waals surface area contributed by atoms with Gasteiger partial charge >= 0.3 is 0 Å². The van der Waals surface area contributed by atoms with Gasteiger partial charge in [-0.05, 0) is 44.7 Å². The number of aromatic nitrogens is 2. The largest absolute Gasteiger partial charge is 0.439 e. The van der Waals surface area contributed by atoms with Gasteiger partial charge in [0.1, 0.15) is 5.75 Å². The summed E-state index contributed by atoms with van der Waals surface area (Å²) >= 11 is 0. The lowest BCUT2D eigenvalue weighted by molar-refractivity contribution is -0.141. The minimum absolute atomic E-state index is 0.0272. The van der Waals surface area contributed by atoms with Crippen molar-refractivity contribution in [1.82, 2.24) is 19.8 Å². The van der Waals surface area contributed by atoms with Crippen molar-refractivity contribution < 1.29 is 14.3 Å². The van der Waals surface area contributed by atoms with Crippen molar-refractivity contribution >= 4 is 11.8 Å². The number of carbonyl (C=O) groups excluding carboxylic acids is 2. The second kappa shape index (κ2) is 8.59. The number of nitrogens with zero attached hydrogens (tertiary/aromatic N) is 4. The number of para-hydroxylation sites is 1. The molecule has 3 heterocycles. The van der Waals surface area contributed by atoms with Crippen molar-refractivity contribution in [2.45, 2.75) is 45.1 Å². The SMILES string of the molecule is Cc1cc(Oc2ccccc2)nc([C@H]2CCCCN2C(=O)CN2CCCC2=O)n1. The van der Waals surface area contributed by atoms with Gasteiger partial charge in [-0.15, -0.1) is 0 Å². The standard InChI is InChI=1S/C22H26N4O3/c1-16-14-19(29-17-8-3-2-4-9-17)24-22(23-16)18-10-5-6-13-26(18)21(28)15-25-12-7-11-20(25)27/h2-4,8-9,14,18H,5-7,10-13,15H2,1H3/t18-/m1/s1. The molecule has 29 heavy (non-hydrogen) atoms. The second-order valence-electron chi connectivity index (χ2n) is 7.64. The van der Waals surface area contributed by atoms with Crippen molar-refractivity contribution in [2.24, 2.45) is 0 Å². The van der Waals surface area contributed by atoms with E-state index < -0.39 is 0 Å². The Morgan fingerprint density at radius 2 is 1.97 bits per heavy atom. The molecule has 2 aliphatic rings. The molecular formula is C22H26N4O3. The van der Waals surface area contributed by atoms with Crippen molar-refractivity contribution in [3.05, 3.63) is 47.9 Å². The third-order valence-electron chi connectivity index (χ3n) is 5.43. The highest BCUT2D eigenvalue weighted by Crippen LogP contribution is 2.31. The zero-order valence-electron chi connectivity index (χ0n) is 16.7. The highest BCUT2D eigenvalue weighted by Gasteiger charge is 2.33. The van der Waals surface area contributed by atoms with Crippen LogP contribution in [-0.4, -0.2) is 51.2 Å². The Bertz CT molecular complexity index is 887. The molecule has 0 saturated carbocycles. The Hall–Kier alpha value is -2.96. The monoisotopic (exact) mass is 394 g/mol. The summed E-state index contributed by atoms with van der Waals surface area (Å²) in [7, 11) is 0. The van der Waals surface area contributed by atoms with E-state index in [9.17, 15) is 9.59 Å². The molecule has 7 nitrogen and oxygen atoms in total. The molecule has 7 heteroatoms. The molecule has 152 valence electrons. The summed E-state index contributed by atoms with van der Waals surface area (Å²) in [6.07, 6.45) is 4.15. The fraction of sp³-hybridized carbons (Fsp3) is 0.455. The molecule has 4 rings (SSSR count). The van der Waals surface area contributed by atoms with E-state index in [2.05, 4.69) is 9.97 Å². The molecule has 0 aliphatic carbocycles. The van der Waals surface area contributed by atoms with Crippen LogP contribution in [0.25, 0.3) is 0 Å². The third-order valence-corrected chi connectivity index (χ3v) is 5.43. The quantitative estimate of drug-likeness (QED) is 0.778. The predicted molar refractivity (Wildman–Crippen MR) is 107 cm³/mol. The number of hydrogen-bond acceptors (Lipinski definition) is 5. The van der Waals surface area contributed by atoms with E-state index in [-0.39, 0.29) is 24.4 Å². The summed E-state index contributed by atoms with van der Waals surface area (Å²) in [6, 6.07) is 11.1. The molecule has 2 saturated heterocycles. The van der Waals surface area contributed by atoms with E-state index in [1.165, 1.54) is 0 Å². The molecule has 1 aromatic heterocycles. The first-order chi connectivity index (χ1) is 14.1. The van der Waals surface area contributed by atoms with Gasteiger partial charge in [0, 0.05) is 31.3 Å². The maximum Gasteiger partial charge on any atom is 0.242 e. The normalized spacial score (nSPS) is 19.5. The zero-order valence-corrected chi connectivity index (χ0v) is 16.7. The van der Waals surface area contributed by atoms with Crippen LogP contribution in [0.15, 0.2) is 36.4 Å². The maximum absolute atomic E-state index is 13.0. The van der Waals surface area contributed by atoms with Crippen LogP contribution in [0, 0.1) is 6.92 Å². The predicted octanol–water partition coefficient (Wildman–Crippen LogP) is 3.25. The van der Waals surface area contributed by atoms with Crippen LogP contribution >= 0.6 is 0 Å². The average Bonchev–Trinajstić information content (AvgIpc) is 3.13. The maximum atomic E-state index is 13.0. The highest BCUT2D eigenvalue weighted by atomic mass is 16.5. The van der Waals surface area contributed by atoms with Crippen LogP contribution in [0.1, 0.15) is 49.7 Å². The number of ether oxygens (including phenoxy) is 1. The van der Waals surface area contributed by atoms with Crippen LogP contribution < -0.4 is 4.74 Å². The Kier molecular flexibility index (Phi) is 5.74. The summed E-state index contributed by atoms with van der Waals surface area (Å²) in [5, 5.41) is 0. The number of amides is 2. The Labute approximate surface area is 170 Å². The van der Waals surface area contributed by atoms with Gasteiger partial charge in [-0.1, -0.05) is 18.2 Å². The Morgan fingerprint density at radius 3 is 2.72 bits per heavy atom. The molecule has 0 N–H and O–H groups in total. The fourth-order valence-corrected chi connectivity index (χ4v) is 4.00. The molecule has 2 amide bonds. The van der Waals surface area contributed by atoms with Gasteiger partial charge in [-0.2, -0.15) is 4.98 Å². The van der Waals surface area contributed by atoms with Crippen LogP contribution in [-0.2, 0) is 9.59 Å². The molecule has 1 atom stereocenters. The Morgan fingerprint density at radius 1 is 1.14 bits per heavy atom. The van der Waals surface area contributed by atoms with Gasteiger partial charge < -0.3 is 14.5 Å². The first-order valence-corrected chi connectivity index (χ1v) is 10.3. The molecule has 0 radical (unpaired) electrons. The number of likely N-dealkylation sites (tertiary alicyclic amines) is 2. The lowest BCUT2D eigenvalue weighted by atomic mass is 10.0. The molecule has 0 bridgehead atoms. The number of carbonyl (C=O) groups is 2. The summed E-state index contributed by atoms with van der Waals surface area (Å²) in [6.45, 7) is 3.38. The molecule has 2 aliphatic heterocycles. The highest BCUT2D eigenvalue weighted by molar-refractivity contribution is 5.86. The average molecular weight is 394 g/mol. The topological polar surface area (TPSA) is 75.6 Å². The molecule has 0 spiro atoms. The zero-order chi connectivity index (χ0) is 20.2. The number of hydrogen-bond donors (Lipinski definition) is 0. The second-order valence-corrected chi connectivity index (χ2v) is 7.64. The first kappa shape index (κ1) is 19.4. The summed E-state index contributed by atoms with van der Waals surface area (Å²) in [5.41, 5.74) is 0.800. The van der Waals surface area contributed by atoms with E-state index in [0.29, 0.717) is 37.0 Å². The smallest absolute Gasteiger partial charge is 0.242 e. The molecule has 0 unspecified atom stereocenters. The van der Waals surface area contributed by atoms with Crippen molar-refractivity contribution in [2.75, 3.05) is 19.6 Å². The van der Waals surface area contributed by atoms with Gasteiger partial charge in [0.25, 0.3) is 0 Å². The van der Waals surface area contributed by atoms with Gasteiger partial charge in [-0.25, -0.2) is 4.98 Å². The van der Waals surface area contributed by atoms with Gasteiger partial charge in [0.15, 0.2) is 5.82 Å². The van der Waals surface area contributed by atoms with Crippen LogP contribution in [0.3, 0.4) is 0 Å². The van der Waals surface area contributed by atoms with Crippen molar-refractivity contribution in [3.63, 3.8) is 0 Å². The van der Waals surface area contributed by atoms with Crippen LogP contribution in [0.4, 0.5) is 0 Å².